The fraction of sp³-hybridized carbons (Fsp3) is 0.360. The summed E-state index contributed by atoms with van der Waals surface area (Å²) >= 11 is 6.63. The lowest BCUT2D eigenvalue weighted by atomic mass is 9.99. The number of hydrogen-bond acceptors (Lipinski definition) is 5. The second-order valence-corrected chi connectivity index (χ2v) is 9.07. The second kappa shape index (κ2) is 11.3. The molecule has 1 amide bonds. The van der Waals surface area contributed by atoms with Gasteiger partial charge in [0.2, 0.25) is 0 Å². The molecule has 0 spiro atoms. The largest absolute Gasteiger partial charge is 0.493 e. The highest BCUT2D eigenvalue weighted by atomic mass is 32.2. The second-order valence-electron chi connectivity index (χ2n) is 7.39. The third-order valence-corrected chi connectivity index (χ3v) is 6.65. The number of likely N-dealkylation sites (N-methyl/N-ethyl adjacent to an activating group) is 1. The zero-order valence-electron chi connectivity index (χ0n) is 18.3. The minimum atomic E-state index is -0.0416. The van der Waals surface area contributed by atoms with Gasteiger partial charge in [0.1, 0.15) is 15.8 Å². The number of benzene rings is 2. The van der Waals surface area contributed by atoms with Crippen LogP contribution in [0.2, 0.25) is 0 Å². The number of ether oxygens (including phenoxy) is 2. The molecule has 0 N–H and O–H groups in total. The van der Waals surface area contributed by atoms with Gasteiger partial charge in [-0.15, -0.1) is 0 Å². The Hall–Kier alpha value is -2.31. The summed E-state index contributed by atoms with van der Waals surface area (Å²) in [7, 11) is 0. The molecule has 1 fully saturated rings. The maximum absolute atomic E-state index is 12.5. The zero-order valence-corrected chi connectivity index (χ0v) is 19.9. The molecule has 0 saturated carbocycles. The number of carbonyl (C=O) groups excluding carboxylic acids is 1. The molecule has 2 aromatic rings. The molecular formula is C25H29NO3S2. The van der Waals surface area contributed by atoms with Crippen LogP contribution in [-0.4, -0.2) is 34.9 Å². The van der Waals surface area contributed by atoms with E-state index < -0.39 is 0 Å². The van der Waals surface area contributed by atoms with Crippen molar-refractivity contribution >= 4 is 40.3 Å². The normalized spacial score (nSPS) is 16.1. The van der Waals surface area contributed by atoms with Crippen LogP contribution in [0.3, 0.4) is 0 Å². The van der Waals surface area contributed by atoms with E-state index >= 15 is 0 Å². The topological polar surface area (TPSA) is 38.8 Å². The van der Waals surface area contributed by atoms with Gasteiger partial charge in [-0.2, -0.15) is 0 Å². The Bertz CT molecular complexity index is 940. The van der Waals surface area contributed by atoms with Crippen molar-refractivity contribution < 1.29 is 14.3 Å². The molecule has 2 aromatic carbocycles. The van der Waals surface area contributed by atoms with E-state index in [1.807, 2.05) is 49.4 Å². The van der Waals surface area contributed by atoms with E-state index in [1.165, 1.54) is 17.3 Å². The maximum Gasteiger partial charge on any atom is 0.266 e. The van der Waals surface area contributed by atoms with Gasteiger partial charge in [0.05, 0.1) is 18.1 Å². The molecule has 1 heterocycles. The first kappa shape index (κ1) is 23.4. The standard InChI is InChI=1S/C25H29NO3S2/c1-4-18(3)19-11-13-21(14-12-19)28-15-8-16-29-22-10-7-6-9-20(22)17-23-24(27)26(5-2)25(30)31-23/h6-7,9-14,17-18H,4-5,8,15-16H2,1-3H3/b23-17-/t18-/m1/s1. The van der Waals surface area contributed by atoms with Gasteiger partial charge in [0.25, 0.3) is 5.91 Å². The van der Waals surface area contributed by atoms with E-state index in [1.54, 1.807) is 4.90 Å². The van der Waals surface area contributed by atoms with Crippen LogP contribution in [0.4, 0.5) is 0 Å². The Balaban J connectivity index is 1.51. The molecule has 31 heavy (non-hydrogen) atoms. The molecule has 3 rings (SSSR count). The van der Waals surface area contributed by atoms with Crippen molar-refractivity contribution in [3.05, 3.63) is 64.6 Å². The molecule has 4 nitrogen and oxygen atoms in total. The molecule has 0 unspecified atom stereocenters. The fourth-order valence-electron chi connectivity index (χ4n) is 3.20. The third-order valence-electron chi connectivity index (χ3n) is 5.27. The molecule has 1 saturated heterocycles. The predicted octanol–water partition coefficient (Wildman–Crippen LogP) is 6.27. The van der Waals surface area contributed by atoms with Crippen molar-refractivity contribution in [1.29, 1.82) is 0 Å². The summed E-state index contributed by atoms with van der Waals surface area (Å²) in [6.07, 6.45) is 3.76. The average Bonchev–Trinajstić information content (AvgIpc) is 3.06. The van der Waals surface area contributed by atoms with Gasteiger partial charge in [0.15, 0.2) is 0 Å². The van der Waals surface area contributed by atoms with Gasteiger partial charge in [-0.1, -0.05) is 68.2 Å². The molecule has 1 atom stereocenters. The summed E-state index contributed by atoms with van der Waals surface area (Å²) < 4.78 is 12.4. The van der Waals surface area contributed by atoms with E-state index in [2.05, 4.69) is 26.0 Å². The molecule has 1 aliphatic rings. The number of para-hydroxylation sites is 1. The van der Waals surface area contributed by atoms with E-state index in [4.69, 9.17) is 21.7 Å². The van der Waals surface area contributed by atoms with E-state index in [9.17, 15) is 4.79 Å². The maximum atomic E-state index is 12.5. The summed E-state index contributed by atoms with van der Waals surface area (Å²) in [5, 5.41) is 0. The van der Waals surface area contributed by atoms with Crippen molar-refractivity contribution in [3.63, 3.8) is 0 Å². The van der Waals surface area contributed by atoms with Crippen molar-refractivity contribution in [2.75, 3.05) is 19.8 Å². The van der Waals surface area contributed by atoms with Crippen LogP contribution in [0.1, 0.15) is 50.7 Å². The number of nitrogens with zero attached hydrogens (tertiary/aromatic N) is 1. The number of thioether (sulfide) groups is 1. The average molecular weight is 456 g/mol. The lowest BCUT2D eigenvalue weighted by Gasteiger charge is -2.12. The molecule has 0 aliphatic carbocycles. The number of amides is 1. The Labute approximate surface area is 194 Å². The summed E-state index contributed by atoms with van der Waals surface area (Å²) in [5.74, 6) is 2.16. The quantitative estimate of drug-likeness (QED) is 0.240. The van der Waals surface area contributed by atoms with E-state index in [-0.39, 0.29) is 5.91 Å². The fourth-order valence-corrected chi connectivity index (χ4v) is 4.58. The van der Waals surface area contributed by atoms with E-state index in [0.29, 0.717) is 34.9 Å². The summed E-state index contributed by atoms with van der Waals surface area (Å²) in [6.45, 7) is 8.05. The molecule has 0 radical (unpaired) electrons. The number of thiocarbonyl (C=S) groups is 1. The number of carbonyl (C=O) groups is 1. The minimum Gasteiger partial charge on any atom is -0.493 e. The van der Waals surface area contributed by atoms with Crippen LogP contribution < -0.4 is 9.47 Å². The van der Waals surface area contributed by atoms with Gasteiger partial charge in [-0.05, 0) is 49.1 Å². The first-order valence-corrected chi connectivity index (χ1v) is 12.0. The van der Waals surface area contributed by atoms with Gasteiger partial charge in [0, 0.05) is 18.5 Å². The summed E-state index contributed by atoms with van der Waals surface area (Å²) in [6, 6.07) is 16.1. The van der Waals surface area contributed by atoms with Crippen LogP contribution in [0.5, 0.6) is 11.5 Å². The monoisotopic (exact) mass is 455 g/mol. The van der Waals surface area contributed by atoms with E-state index in [0.717, 1.165) is 29.9 Å². The van der Waals surface area contributed by atoms with Gasteiger partial charge >= 0.3 is 0 Å². The Morgan fingerprint density at radius 2 is 1.77 bits per heavy atom. The summed E-state index contributed by atoms with van der Waals surface area (Å²) in [5.41, 5.74) is 2.21. The van der Waals surface area contributed by atoms with Gasteiger partial charge < -0.3 is 9.47 Å². The smallest absolute Gasteiger partial charge is 0.266 e. The SMILES string of the molecule is CC[C@@H](C)c1ccc(OCCCOc2ccccc2/C=C2\SC(=S)N(CC)C2=O)cc1. The van der Waals surface area contributed by atoms with Crippen LogP contribution in [0.15, 0.2) is 53.4 Å². The van der Waals surface area contributed by atoms with Crippen LogP contribution >= 0.6 is 24.0 Å². The first-order chi connectivity index (χ1) is 15.0. The highest BCUT2D eigenvalue weighted by Crippen LogP contribution is 2.34. The molecule has 164 valence electrons. The molecule has 1 aliphatic heterocycles. The van der Waals surface area contributed by atoms with Gasteiger partial charge in [-0.3, -0.25) is 9.69 Å². The molecule has 0 aromatic heterocycles. The Kier molecular flexibility index (Phi) is 8.55. The number of hydrogen-bond donors (Lipinski definition) is 0. The van der Waals surface area contributed by atoms with Crippen LogP contribution in [-0.2, 0) is 4.79 Å². The Morgan fingerprint density at radius 1 is 1.06 bits per heavy atom. The minimum absolute atomic E-state index is 0.0416. The van der Waals surface area contributed by atoms with Crippen molar-refractivity contribution in [2.24, 2.45) is 0 Å². The van der Waals surface area contributed by atoms with Crippen molar-refractivity contribution in [2.45, 2.75) is 39.5 Å². The van der Waals surface area contributed by atoms with Gasteiger partial charge in [-0.25, -0.2) is 0 Å². The highest BCUT2D eigenvalue weighted by molar-refractivity contribution is 8.26. The lowest BCUT2D eigenvalue weighted by Crippen LogP contribution is -2.27. The van der Waals surface area contributed by atoms with Crippen molar-refractivity contribution in [3.8, 4) is 11.5 Å². The first-order valence-electron chi connectivity index (χ1n) is 10.7. The molecular weight excluding hydrogens is 426 g/mol. The van der Waals surface area contributed by atoms with Crippen LogP contribution in [0, 0.1) is 0 Å². The summed E-state index contributed by atoms with van der Waals surface area (Å²) in [4.78, 5) is 14.7. The third kappa shape index (κ3) is 6.11. The highest BCUT2D eigenvalue weighted by Gasteiger charge is 2.30. The number of rotatable bonds is 10. The lowest BCUT2D eigenvalue weighted by molar-refractivity contribution is -0.121. The molecule has 0 bridgehead atoms. The Morgan fingerprint density at radius 3 is 2.45 bits per heavy atom. The molecule has 6 heteroatoms. The predicted molar refractivity (Wildman–Crippen MR) is 133 cm³/mol. The van der Waals surface area contributed by atoms with Crippen LogP contribution in [0.25, 0.3) is 6.08 Å². The zero-order chi connectivity index (χ0) is 22.2. The van der Waals surface area contributed by atoms with Crippen molar-refractivity contribution in [1.82, 2.24) is 4.90 Å².